The predicted molar refractivity (Wildman–Crippen MR) is 66.4 cm³/mol. The Labute approximate surface area is 110 Å². The van der Waals surface area contributed by atoms with Crippen LogP contribution in [0.5, 0.6) is 0 Å². The predicted octanol–water partition coefficient (Wildman–Crippen LogP) is 4.84. The lowest BCUT2D eigenvalue weighted by Crippen LogP contribution is -2.31. The van der Waals surface area contributed by atoms with Gasteiger partial charge < -0.3 is 5.32 Å². The number of nitrogens with one attached hydrogen (secondary N) is 1. The fourth-order valence-electron chi connectivity index (χ4n) is 2.59. The molecule has 1 aliphatic carbocycles. The van der Waals surface area contributed by atoms with E-state index in [1.54, 1.807) is 0 Å². The number of rotatable bonds is 2. The van der Waals surface area contributed by atoms with Gasteiger partial charge in [0.05, 0.1) is 11.3 Å². The quantitative estimate of drug-likeness (QED) is 0.762. The zero-order valence-electron chi connectivity index (χ0n) is 10.9. The molecule has 1 saturated carbocycles. The van der Waals surface area contributed by atoms with Crippen molar-refractivity contribution in [1.29, 1.82) is 0 Å². The summed E-state index contributed by atoms with van der Waals surface area (Å²) in [6.45, 7) is 4.09. The van der Waals surface area contributed by atoms with Gasteiger partial charge in [0.25, 0.3) is 0 Å². The smallest absolute Gasteiger partial charge is 0.379 e. The number of benzene rings is 1. The van der Waals surface area contributed by atoms with E-state index in [2.05, 4.69) is 5.32 Å². The molecule has 0 saturated heterocycles. The first-order valence-electron chi connectivity index (χ1n) is 6.33. The highest BCUT2D eigenvalue weighted by atomic mass is 19.4. The van der Waals surface area contributed by atoms with Crippen molar-refractivity contribution in [3.8, 4) is 0 Å². The highest BCUT2D eigenvalue weighted by molar-refractivity contribution is 5.49. The number of anilines is 1. The van der Waals surface area contributed by atoms with Gasteiger partial charge in [0.2, 0.25) is 0 Å². The van der Waals surface area contributed by atoms with E-state index in [0.717, 1.165) is 37.5 Å². The molecule has 106 valence electrons. The fraction of sp³-hybridized carbons (Fsp3) is 0.571. The molecule has 5 heteroatoms. The van der Waals surface area contributed by atoms with Crippen LogP contribution in [0.25, 0.3) is 0 Å². The van der Waals surface area contributed by atoms with Gasteiger partial charge in [0, 0.05) is 6.04 Å². The summed E-state index contributed by atoms with van der Waals surface area (Å²) in [7, 11) is 0. The summed E-state index contributed by atoms with van der Waals surface area (Å²) in [5.74, 6) is -0.643. The third kappa shape index (κ3) is 3.01. The molecule has 1 aliphatic rings. The minimum atomic E-state index is -4.45. The average molecular weight is 275 g/mol. The second kappa shape index (κ2) is 4.69. The van der Waals surface area contributed by atoms with Crippen LogP contribution in [0.1, 0.15) is 38.7 Å². The van der Waals surface area contributed by atoms with E-state index in [-0.39, 0.29) is 17.1 Å². The molecule has 0 radical (unpaired) electrons. The molecule has 1 unspecified atom stereocenters. The summed E-state index contributed by atoms with van der Waals surface area (Å²) < 4.78 is 51.5. The number of hydrogen-bond donors (Lipinski definition) is 1. The lowest BCUT2D eigenvalue weighted by atomic mass is 9.87. The highest BCUT2D eigenvalue weighted by Gasteiger charge is 2.36. The van der Waals surface area contributed by atoms with E-state index < -0.39 is 17.6 Å². The summed E-state index contributed by atoms with van der Waals surface area (Å²) in [6.07, 6.45) is -1.60. The molecule has 1 aromatic rings. The second-order valence-electron chi connectivity index (χ2n) is 5.77. The van der Waals surface area contributed by atoms with Gasteiger partial charge in [-0.15, -0.1) is 0 Å². The monoisotopic (exact) mass is 275 g/mol. The van der Waals surface area contributed by atoms with Crippen molar-refractivity contribution in [2.75, 3.05) is 5.32 Å². The van der Waals surface area contributed by atoms with Crippen LogP contribution in [-0.4, -0.2) is 6.04 Å². The summed E-state index contributed by atoms with van der Waals surface area (Å²) in [4.78, 5) is 0. The molecule has 19 heavy (non-hydrogen) atoms. The third-order valence-corrected chi connectivity index (χ3v) is 3.88. The van der Waals surface area contributed by atoms with Crippen molar-refractivity contribution >= 4 is 5.69 Å². The molecule has 1 aromatic carbocycles. The Bertz CT molecular complexity index is 465. The fourth-order valence-corrected chi connectivity index (χ4v) is 2.59. The van der Waals surface area contributed by atoms with Crippen LogP contribution in [0.2, 0.25) is 0 Å². The highest BCUT2D eigenvalue weighted by Crippen LogP contribution is 2.40. The van der Waals surface area contributed by atoms with Gasteiger partial charge in [-0.1, -0.05) is 20.3 Å². The molecule has 1 atom stereocenters. The standard InChI is InChI=1S/C14H17F4N/c1-13(2)7-3-4-12(13)19-11-8-9(14(16,17)18)5-6-10(11)15/h5-6,8,12,19H,3-4,7H2,1-2H3. The Balaban J connectivity index is 2.25. The maximum absolute atomic E-state index is 13.6. The van der Waals surface area contributed by atoms with Crippen LogP contribution in [0, 0.1) is 11.2 Å². The van der Waals surface area contributed by atoms with E-state index in [1.807, 2.05) is 13.8 Å². The van der Waals surface area contributed by atoms with Crippen LogP contribution < -0.4 is 5.32 Å². The molecular formula is C14H17F4N. The zero-order chi connectivity index (χ0) is 14.3. The van der Waals surface area contributed by atoms with Crippen LogP contribution in [0.3, 0.4) is 0 Å². The third-order valence-electron chi connectivity index (χ3n) is 3.88. The van der Waals surface area contributed by atoms with Gasteiger partial charge in [-0.2, -0.15) is 13.2 Å². The molecule has 1 fully saturated rings. The zero-order valence-corrected chi connectivity index (χ0v) is 10.9. The summed E-state index contributed by atoms with van der Waals surface area (Å²) in [5, 5.41) is 2.94. The molecule has 1 nitrogen and oxygen atoms in total. The minimum Gasteiger partial charge on any atom is -0.379 e. The first-order valence-corrected chi connectivity index (χ1v) is 6.33. The molecule has 2 rings (SSSR count). The number of alkyl halides is 3. The number of halogens is 4. The Morgan fingerprint density at radius 3 is 2.47 bits per heavy atom. The lowest BCUT2D eigenvalue weighted by molar-refractivity contribution is -0.137. The molecule has 0 aromatic heterocycles. The first-order chi connectivity index (χ1) is 8.70. The lowest BCUT2D eigenvalue weighted by Gasteiger charge is -2.29. The average Bonchev–Trinajstić information content (AvgIpc) is 2.60. The van der Waals surface area contributed by atoms with Crippen molar-refractivity contribution in [1.82, 2.24) is 0 Å². The van der Waals surface area contributed by atoms with Gasteiger partial charge in [0.15, 0.2) is 0 Å². The Morgan fingerprint density at radius 2 is 1.95 bits per heavy atom. The molecule has 0 aliphatic heterocycles. The van der Waals surface area contributed by atoms with Gasteiger partial charge in [0.1, 0.15) is 5.82 Å². The second-order valence-corrected chi connectivity index (χ2v) is 5.77. The first kappa shape index (κ1) is 14.2. The minimum absolute atomic E-state index is 0.00508. The summed E-state index contributed by atoms with van der Waals surface area (Å²) >= 11 is 0. The Kier molecular flexibility index (Phi) is 3.49. The maximum Gasteiger partial charge on any atom is 0.416 e. The van der Waals surface area contributed by atoms with Crippen molar-refractivity contribution in [3.63, 3.8) is 0 Å². The topological polar surface area (TPSA) is 12.0 Å². The van der Waals surface area contributed by atoms with E-state index >= 15 is 0 Å². The van der Waals surface area contributed by atoms with E-state index in [1.165, 1.54) is 0 Å². The van der Waals surface area contributed by atoms with Gasteiger partial charge >= 0.3 is 6.18 Å². The molecule has 1 N–H and O–H groups in total. The van der Waals surface area contributed by atoms with Crippen LogP contribution >= 0.6 is 0 Å². The van der Waals surface area contributed by atoms with Gasteiger partial charge in [-0.25, -0.2) is 4.39 Å². The molecule has 0 amide bonds. The van der Waals surface area contributed by atoms with Crippen LogP contribution in [-0.2, 0) is 6.18 Å². The normalized spacial score (nSPS) is 22.5. The van der Waals surface area contributed by atoms with Gasteiger partial charge in [-0.3, -0.25) is 0 Å². The largest absolute Gasteiger partial charge is 0.416 e. The molecule has 0 bridgehead atoms. The molecule has 0 spiro atoms. The van der Waals surface area contributed by atoms with Gasteiger partial charge in [-0.05, 0) is 36.5 Å². The van der Waals surface area contributed by atoms with Crippen molar-refractivity contribution in [3.05, 3.63) is 29.6 Å². The summed E-state index contributed by atoms with van der Waals surface area (Å²) in [5.41, 5.74) is -0.914. The van der Waals surface area contributed by atoms with Crippen LogP contribution in [0.4, 0.5) is 23.2 Å². The SMILES string of the molecule is CC1(C)CCCC1Nc1cc(C(F)(F)F)ccc1F. The van der Waals surface area contributed by atoms with E-state index in [4.69, 9.17) is 0 Å². The Morgan fingerprint density at radius 1 is 1.26 bits per heavy atom. The number of hydrogen-bond acceptors (Lipinski definition) is 1. The summed E-state index contributed by atoms with van der Waals surface area (Å²) in [6, 6.07) is 2.49. The van der Waals surface area contributed by atoms with Crippen molar-refractivity contribution in [2.45, 2.75) is 45.3 Å². The maximum atomic E-state index is 13.6. The molecule has 0 heterocycles. The van der Waals surface area contributed by atoms with Crippen molar-refractivity contribution in [2.24, 2.45) is 5.41 Å². The van der Waals surface area contributed by atoms with E-state index in [0.29, 0.717) is 0 Å². The van der Waals surface area contributed by atoms with Crippen LogP contribution in [0.15, 0.2) is 18.2 Å². The molecular weight excluding hydrogens is 258 g/mol. The Hall–Kier alpha value is -1.26. The van der Waals surface area contributed by atoms with E-state index in [9.17, 15) is 17.6 Å². The van der Waals surface area contributed by atoms with Crippen molar-refractivity contribution < 1.29 is 17.6 Å².